The molecule has 2 aliphatic rings. The fraction of sp³-hybridized carbons (Fsp3) is 0.636. The highest BCUT2D eigenvalue weighted by Crippen LogP contribution is 2.36. The van der Waals surface area contributed by atoms with Crippen LogP contribution in [-0.2, 0) is 4.79 Å². The average Bonchev–Trinajstić information content (AvgIpc) is 2.72. The van der Waals surface area contributed by atoms with Crippen molar-refractivity contribution >= 4 is 11.8 Å². The smallest absolute Gasteiger partial charge is 0.258 e. The first-order valence-corrected chi connectivity index (χ1v) is 10.1. The monoisotopic (exact) mass is 387 g/mol. The number of piperidine rings is 1. The molecular weight excluding hydrogens is 354 g/mol. The van der Waals surface area contributed by atoms with E-state index in [1.165, 1.54) is 0 Å². The maximum absolute atomic E-state index is 13.4. The number of carbonyl (C=O) groups is 2. The lowest BCUT2D eigenvalue weighted by atomic mass is 9.90. The molecule has 1 aromatic rings. The Bertz CT molecular complexity index is 761. The topological polar surface area (TPSA) is 61.9 Å². The maximum Gasteiger partial charge on any atom is 0.258 e. The summed E-state index contributed by atoms with van der Waals surface area (Å²) in [6.07, 6.45) is 1.66. The standard InChI is InChI=1S/C22H33N3O3/c1-15-7-8-18-17(13-15)20(27)25(16(2)19(26)23-21(3,4)5)14-22(28-18)9-11-24(6)12-10-22/h7-8,13,16H,9-12,14H2,1-6H3,(H,23,26). The van der Waals surface area contributed by atoms with Crippen molar-refractivity contribution in [3.05, 3.63) is 29.3 Å². The molecule has 6 nitrogen and oxygen atoms in total. The van der Waals surface area contributed by atoms with Crippen LogP contribution in [0, 0.1) is 6.92 Å². The Morgan fingerprint density at radius 1 is 1.25 bits per heavy atom. The van der Waals surface area contributed by atoms with E-state index in [1.807, 2.05) is 52.8 Å². The lowest BCUT2D eigenvalue weighted by Gasteiger charge is -2.42. The van der Waals surface area contributed by atoms with E-state index < -0.39 is 11.6 Å². The summed E-state index contributed by atoms with van der Waals surface area (Å²) in [6, 6.07) is 5.16. The SMILES string of the molecule is Cc1ccc2c(c1)C(=O)N(C(C)C(=O)NC(C)(C)C)CC1(CCN(C)CC1)O2. The number of likely N-dealkylation sites (tertiary alicyclic amines) is 1. The van der Waals surface area contributed by atoms with E-state index in [4.69, 9.17) is 4.74 Å². The molecule has 1 N–H and O–H groups in total. The number of carbonyl (C=O) groups excluding carboxylic acids is 2. The highest BCUT2D eigenvalue weighted by molar-refractivity contribution is 6.00. The third-order valence-corrected chi connectivity index (χ3v) is 5.65. The molecule has 0 saturated carbocycles. The molecule has 1 aromatic carbocycles. The third-order valence-electron chi connectivity index (χ3n) is 5.65. The lowest BCUT2D eigenvalue weighted by Crippen LogP contribution is -2.58. The van der Waals surface area contributed by atoms with Crippen LogP contribution in [-0.4, -0.2) is 65.5 Å². The largest absolute Gasteiger partial charge is 0.484 e. The number of aryl methyl sites for hydroxylation is 1. The van der Waals surface area contributed by atoms with Crippen LogP contribution in [0.15, 0.2) is 18.2 Å². The molecule has 2 aliphatic heterocycles. The van der Waals surface area contributed by atoms with Crippen molar-refractivity contribution in [3.8, 4) is 5.75 Å². The van der Waals surface area contributed by atoms with Crippen molar-refractivity contribution in [1.82, 2.24) is 15.1 Å². The van der Waals surface area contributed by atoms with Crippen LogP contribution in [0.2, 0.25) is 0 Å². The number of hydrogen-bond donors (Lipinski definition) is 1. The molecule has 1 fully saturated rings. The summed E-state index contributed by atoms with van der Waals surface area (Å²) in [4.78, 5) is 30.3. The molecule has 3 rings (SSSR count). The number of fused-ring (bicyclic) bond motifs is 1. The molecule has 1 spiro atoms. The van der Waals surface area contributed by atoms with Gasteiger partial charge in [0.15, 0.2) is 0 Å². The first kappa shape index (κ1) is 20.6. The number of nitrogens with zero attached hydrogens (tertiary/aromatic N) is 2. The Labute approximate surface area is 168 Å². The summed E-state index contributed by atoms with van der Waals surface area (Å²) >= 11 is 0. The van der Waals surface area contributed by atoms with Crippen LogP contribution in [0.5, 0.6) is 5.75 Å². The van der Waals surface area contributed by atoms with E-state index >= 15 is 0 Å². The van der Waals surface area contributed by atoms with Gasteiger partial charge in [0.25, 0.3) is 5.91 Å². The summed E-state index contributed by atoms with van der Waals surface area (Å²) in [6.45, 7) is 11.8. The van der Waals surface area contributed by atoms with Gasteiger partial charge in [0, 0.05) is 31.5 Å². The van der Waals surface area contributed by atoms with Crippen molar-refractivity contribution in [2.75, 3.05) is 26.7 Å². The summed E-state index contributed by atoms with van der Waals surface area (Å²) < 4.78 is 6.50. The zero-order valence-corrected chi connectivity index (χ0v) is 18.0. The van der Waals surface area contributed by atoms with E-state index in [9.17, 15) is 9.59 Å². The Hall–Kier alpha value is -2.08. The average molecular weight is 388 g/mol. The number of rotatable bonds is 2. The minimum Gasteiger partial charge on any atom is -0.484 e. The molecule has 0 aliphatic carbocycles. The number of amides is 2. The molecule has 2 heterocycles. The first-order chi connectivity index (χ1) is 13.0. The molecule has 0 aromatic heterocycles. The van der Waals surface area contributed by atoms with Crippen LogP contribution in [0.1, 0.15) is 56.5 Å². The third kappa shape index (κ3) is 4.32. The summed E-state index contributed by atoms with van der Waals surface area (Å²) in [5, 5.41) is 3.01. The molecule has 154 valence electrons. The predicted octanol–water partition coefficient (Wildman–Crippen LogP) is 2.60. The second kappa shape index (κ2) is 7.39. The van der Waals surface area contributed by atoms with Gasteiger partial charge in [-0.15, -0.1) is 0 Å². The van der Waals surface area contributed by atoms with Crippen LogP contribution >= 0.6 is 0 Å². The van der Waals surface area contributed by atoms with E-state index in [0.29, 0.717) is 17.9 Å². The fourth-order valence-corrected chi connectivity index (χ4v) is 3.92. The predicted molar refractivity (Wildman–Crippen MR) is 110 cm³/mol. The van der Waals surface area contributed by atoms with Crippen LogP contribution < -0.4 is 10.1 Å². The molecule has 1 atom stereocenters. The van der Waals surface area contributed by atoms with E-state index in [-0.39, 0.29) is 17.4 Å². The van der Waals surface area contributed by atoms with Gasteiger partial charge in [0.05, 0.1) is 12.1 Å². The minimum absolute atomic E-state index is 0.133. The van der Waals surface area contributed by atoms with Crippen molar-refractivity contribution in [3.63, 3.8) is 0 Å². The van der Waals surface area contributed by atoms with Crippen molar-refractivity contribution < 1.29 is 14.3 Å². The first-order valence-electron chi connectivity index (χ1n) is 10.1. The summed E-state index contributed by atoms with van der Waals surface area (Å²) in [5.41, 5.74) is 0.739. The van der Waals surface area contributed by atoms with Gasteiger partial charge < -0.3 is 19.9 Å². The zero-order chi connectivity index (χ0) is 20.7. The normalized spacial score (nSPS) is 20.9. The van der Waals surface area contributed by atoms with Crippen LogP contribution in [0.25, 0.3) is 0 Å². The highest BCUT2D eigenvalue weighted by Gasteiger charge is 2.44. The molecule has 0 bridgehead atoms. The molecular formula is C22H33N3O3. The molecule has 6 heteroatoms. The van der Waals surface area contributed by atoms with Gasteiger partial charge in [-0.3, -0.25) is 9.59 Å². The fourth-order valence-electron chi connectivity index (χ4n) is 3.92. The summed E-state index contributed by atoms with van der Waals surface area (Å²) in [5.74, 6) is 0.358. The van der Waals surface area contributed by atoms with Crippen molar-refractivity contribution in [1.29, 1.82) is 0 Å². The molecule has 0 radical (unpaired) electrons. The van der Waals surface area contributed by atoms with Gasteiger partial charge in [-0.25, -0.2) is 0 Å². The van der Waals surface area contributed by atoms with E-state index in [0.717, 1.165) is 31.5 Å². The van der Waals surface area contributed by atoms with Gasteiger partial charge in [-0.1, -0.05) is 11.6 Å². The number of nitrogens with one attached hydrogen (secondary N) is 1. The second-order valence-electron chi connectivity index (χ2n) is 9.44. The second-order valence-corrected chi connectivity index (χ2v) is 9.44. The Balaban J connectivity index is 1.98. The minimum atomic E-state index is -0.571. The Morgan fingerprint density at radius 2 is 1.89 bits per heavy atom. The summed E-state index contributed by atoms with van der Waals surface area (Å²) in [7, 11) is 2.10. The zero-order valence-electron chi connectivity index (χ0n) is 18.0. The molecule has 2 amide bonds. The number of ether oxygens (including phenoxy) is 1. The van der Waals surface area contributed by atoms with Crippen LogP contribution in [0.3, 0.4) is 0 Å². The quantitative estimate of drug-likeness (QED) is 0.847. The van der Waals surface area contributed by atoms with Gasteiger partial charge in [0.1, 0.15) is 17.4 Å². The van der Waals surface area contributed by atoms with Gasteiger partial charge in [-0.05, 0) is 53.8 Å². The highest BCUT2D eigenvalue weighted by atomic mass is 16.5. The Morgan fingerprint density at radius 3 is 2.50 bits per heavy atom. The molecule has 1 saturated heterocycles. The molecule has 1 unspecified atom stereocenters. The van der Waals surface area contributed by atoms with E-state index in [1.54, 1.807) is 4.90 Å². The molecule has 28 heavy (non-hydrogen) atoms. The van der Waals surface area contributed by atoms with Gasteiger partial charge >= 0.3 is 0 Å². The van der Waals surface area contributed by atoms with Crippen molar-refractivity contribution in [2.24, 2.45) is 0 Å². The van der Waals surface area contributed by atoms with Gasteiger partial charge in [-0.2, -0.15) is 0 Å². The Kier molecular flexibility index (Phi) is 5.45. The number of benzene rings is 1. The maximum atomic E-state index is 13.4. The lowest BCUT2D eigenvalue weighted by molar-refractivity contribution is -0.127. The van der Waals surface area contributed by atoms with Crippen LogP contribution in [0.4, 0.5) is 0 Å². The van der Waals surface area contributed by atoms with Crippen molar-refractivity contribution in [2.45, 2.75) is 64.6 Å². The van der Waals surface area contributed by atoms with E-state index in [2.05, 4.69) is 17.3 Å². The van der Waals surface area contributed by atoms with Gasteiger partial charge in [0.2, 0.25) is 5.91 Å². The number of hydrogen-bond acceptors (Lipinski definition) is 4.